The van der Waals surface area contributed by atoms with Crippen LogP contribution in [0.4, 0.5) is 13.2 Å². The van der Waals surface area contributed by atoms with Gasteiger partial charge >= 0.3 is 6.18 Å². The Kier molecular flexibility index (Phi) is 8.17. The average molecular weight is 506 g/mol. The molecule has 1 aromatic carbocycles. The SMILES string of the molecule is Cc1ncn(CCOC2CCC2)c1CC(=O)[C@H]1CCC[C@@H](N(C)C(=O)c2cccc(C(F)(F)F)c2)C1. The van der Waals surface area contributed by atoms with Gasteiger partial charge in [-0.15, -0.1) is 0 Å². The average Bonchev–Trinajstić information content (AvgIpc) is 3.18. The number of Topliss-reactive ketones (excluding diaryl/α,β-unsaturated/α-hetero) is 1. The second-order valence-electron chi connectivity index (χ2n) is 10.0. The summed E-state index contributed by atoms with van der Waals surface area (Å²) in [6.07, 6.45) is 4.10. The fraction of sp³-hybridized carbons (Fsp3) is 0.593. The minimum atomic E-state index is -4.51. The maximum Gasteiger partial charge on any atom is 0.416 e. The van der Waals surface area contributed by atoms with E-state index in [-0.39, 0.29) is 29.7 Å². The fourth-order valence-electron chi connectivity index (χ4n) is 5.10. The van der Waals surface area contributed by atoms with Crippen molar-refractivity contribution in [2.75, 3.05) is 13.7 Å². The number of halogens is 3. The molecule has 36 heavy (non-hydrogen) atoms. The monoisotopic (exact) mass is 505 g/mol. The molecule has 2 aliphatic carbocycles. The van der Waals surface area contributed by atoms with Crippen molar-refractivity contribution >= 4 is 11.7 Å². The predicted molar refractivity (Wildman–Crippen MR) is 129 cm³/mol. The zero-order chi connectivity index (χ0) is 25.9. The van der Waals surface area contributed by atoms with E-state index >= 15 is 0 Å². The van der Waals surface area contributed by atoms with Crippen LogP contribution in [0.25, 0.3) is 0 Å². The molecule has 2 saturated carbocycles. The first-order chi connectivity index (χ1) is 17.1. The summed E-state index contributed by atoms with van der Waals surface area (Å²) in [4.78, 5) is 32.1. The van der Waals surface area contributed by atoms with Crippen molar-refractivity contribution in [2.24, 2.45) is 5.92 Å². The number of alkyl halides is 3. The van der Waals surface area contributed by atoms with Crippen molar-refractivity contribution in [1.82, 2.24) is 14.5 Å². The van der Waals surface area contributed by atoms with Crippen molar-refractivity contribution in [2.45, 2.75) is 83.2 Å². The van der Waals surface area contributed by atoms with Gasteiger partial charge in [0.1, 0.15) is 5.78 Å². The van der Waals surface area contributed by atoms with Crippen molar-refractivity contribution in [3.8, 4) is 0 Å². The summed E-state index contributed by atoms with van der Waals surface area (Å²) in [5.74, 6) is -0.543. The number of hydrogen-bond donors (Lipinski definition) is 0. The molecule has 196 valence electrons. The highest BCUT2D eigenvalue weighted by Gasteiger charge is 2.34. The Morgan fingerprint density at radius 2 is 1.92 bits per heavy atom. The Hall–Kier alpha value is -2.68. The molecule has 4 rings (SSSR count). The number of aryl methyl sites for hydroxylation is 1. The molecule has 2 aliphatic rings. The molecule has 0 N–H and O–H groups in total. The van der Waals surface area contributed by atoms with E-state index < -0.39 is 17.6 Å². The molecule has 1 aromatic heterocycles. The first-order valence-electron chi connectivity index (χ1n) is 12.7. The number of ketones is 1. The molecule has 1 amide bonds. The minimum Gasteiger partial charge on any atom is -0.376 e. The van der Waals surface area contributed by atoms with Gasteiger partial charge in [0.25, 0.3) is 5.91 Å². The maximum atomic E-state index is 13.3. The smallest absolute Gasteiger partial charge is 0.376 e. The van der Waals surface area contributed by atoms with Crippen LogP contribution in [0.2, 0.25) is 0 Å². The van der Waals surface area contributed by atoms with Crippen LogP contribution in [-0.4, -0.2) is 51.9 Å². The maximum absolute atomic E-state index is 13.3. The Labute approximate surface area is 209 Å². The van der Waals surface area contributed by atoms with Gasteiger partial charge in [-0.1, -0.05) is 12.5 Å². The zero-order valence-corrected chi connectivity index (χ0v) is 20.9. The van der Waals surface area contributed by atoms with Crippen LogP contribution in [0.3, 0.4) is 0 Å². The number of benzene rings is 1. The van der Waals surface area contributed by atoms with E-state index in [0.29, 0.717) is 25.7 Å². The van der Waals surface area contributed by atoms with Crippen LogP contribution in [0.1, 0.15) is 72.3 Å². The van der Waals surface area contributed by atoms with Gasteiger partial charge in [0, 0.05) is 43.2 Å². The summed E-state index contributed by atoms with van der Waals surface area (Å²) < 4.78 is 47.1. The lowest BCUT2D eigenvalue weighted by Crippen LogP contribution is -2.41. The third kappa shape index (κ3) is 6.17. The van der Waals surface area contributed by atoms with E-state index in [2.05, 4.69) is 4.98 Å². The summed E-state index contributed by atoms with van der Waals surface area (Å²) in [7, 11) is 1.61. The highest BCUT2D eigenvalue weighted by atomic mass is 19.4. The molecule has 1 heterocycles. The molecule has 6 nitrogen and oxygen atoms in total. The standard InChI is InChI=1S/C27H34F3N3O3/c1-18-24(33(17-31-18)12-13-36-23-10-5-11-23)16-25(34)19-6-4-9-22(15-19)32(2)26(35)20-7-3-8-21(14-20)27(28,29)30/h3,7-8,14,17,19,22-23H,4-6,9-13,15-16H2,1-2H3/t19-,22+/m0/s1. The van der Waals surface area contributed by atoms with Gasteiger partial charge in [-0.25, -0.2) is 4.98 Å². The molecule has 2 fully saturated rings. The summed E-state index contributed by atoms with van der Waals surface area (Å²) in [5.41, 5.74) is 0.886. The number of ether oxygens (including phenoxy) is 1. The molecular weight excluding hydrogens is 471 g/mol. The molecule has 0 unspecified atom stereocenters. The molecule has 0 radical (unpaired) electrons. The third-order valence-electron chi connectivity index (χ3n) is 7.64. The number of nitrogens with zero attached hydrogens (tertiary/aromatic N) is 3. The van der Waals surface area contributed by atoms with Crippen LogP contribution >= 0.6 is 0 Å². The van der Waals surface area contributed by atoms with Gasteiger partial charge in [-0.05, 0) is 63.6 Å². The first kappa shape index (κ1) is 26.4. The van der Waals surface area contributed by atoms with Crippen LogP contribution in [0, 0.1) is 12.8 Å². The molecule has 0 spiro atoms. The number of aromatic nitrogens is 2. The number of carbonyl (C=O) groups is 2. The highest BCUT2D eigenvalue weighted by Crippen LogP contribution is 2.32. The zero-order valence-electron chi connectivity index (χ0n) is 20.9. The van der Waals surface area contributed by atoms with Crippen molar-refractivity contribution in [3.63, 3.8) is 0 Å². The predicted octanol–water partition coefficient (Wildman–Crippen LogP) is 5.22. The van der Waals surface area contributed by atoms with Crippen LogP contribution in [0.15, 0.2) is 30.6 Å². The lowest BCUT2D eigenvalue weighted by Gasteiger charge is -2.35. The van der Waals surface area contributed by atoms with E-state index in [0.717, 1.165) is 55.6 Å². The van der Waals surface area contributed by atoms with Crippen LogP contribution in [0.5, 0.6) is 0 Å². The van der Waals surface area contributed by atoms with Crippen LogP contribution < -0.4 is 0 Å². The number of hydrogen-bond acceptors (Lipinski definition) is 4. The van der Waals surface area contributed by atoms with E-state index in [1.54, 1.807) is 13.4 Å². The summed E-state index contributed by atoms with van der Waals surface area (Å²) in [6, 6.07) is 4.30. The van der Waals surface area contributed by atoms with E-state index in [4.69, 9.17) is 4.74 Å². The number of amides is 1. The second kappa shape index (κ2) is 11.2. The van der Waals surface area contributed by atoms with Gasteiger partial charge < -0.3 is 14.2 Å². The van der Waals surface area contributed by atoms with Gasteiger partial charge in [-0.3, -0.25) is 9.59 Å². The second-order valence-corrected chi connectivity index (χ2v) is 10.0. The molecule has 2 atom stereocenters. The fourth-order valence-corrected chi connectivity index (χ4v) is 5.10. The summed E-state index contributed by atoms with van der Waals surface area (Å²) >= 11 is 0. The Bertz CT molecular complexity index is 1080. The van der Waals surface area contributed by atoms with Crippen molar-refractivity contribution in [1.29, 1.82) is 0 Å². The summed E-state index contributed by atoms with van der Waals surface area (Å²) in [5, 5.41) is 0. The van der Waals surface area contributed by atoms with E-state index in [9.17, 15) is 22.8 Å². The van der Waals surface area contributed by atoms with Gasteiger partial charge in [0.2, 0.25) is 0 Å². The minimum absolute atomic E-state index is 0.00409. The van der Waals surface area contributed by atoms with Crippen molar-refractivity contribution in [3.05, 3.63) is 53.1 Å². The summed E-state index contributed by atoms with van der Waals surface area (Å²) in [6.45, 7) is 3.15. The first-order valence-corrected chi connectivity index (χ1v) is 12.7. The Morgan fingerprint density at radius 3 is 2.61 bits per heavy atom. The molecule has 9 heteroatoms. The number of carbonyl (C=O) groups excluding carboxylic acids is 2. The van der Waals surface area contributed by atoms with Gasteiger partial charge in [0.05, 0.1) is 30.3 Å². The normalized spacial score (nSPS) is 20.7. The molecular formula is C27H34F3N3O3. The highest BCUT2D eigenvalue weighted by molar-refractivity contribution is 5.94. The van der Waals surface area contributed by atoms with E-state index in [1.807, 2.05) is 11.5 Å². The number of rotatable bonds is 9. The van der Waals surface area contributed by atoms with Crippen molar-refractivity contribution < 1.29 is 27.5 Å². The van der Waals surface area contributed by atoms with E-state index in [1.165, 1.54) is 23.5 Å². The topological polar surface area (TPSA) is 64.4 Å². The molecule has 2 aromatic rings. The molecule has 0 saturated heterocycles. The Balaban J connectivity index is 1.36. The largest absolute Gasteiger partial charge is 0.416 e. The van der Waals surface area contributed by atoms with Gasteiger partial charge in [-0.2, -0.15) is 13.2 Å². The van der Waals surface area contributed by atoms with Crippen LogP contribution in [-0.2, 0) is 28.7 Å². The quantitative estimate of drug-likeness (QED) is 0.469. The lowest BCUT2D eigenvalue weighted by molar-refractivity contribution is -0.137. The number of imidazole rings is 1. The van der Waals surface area contributed by atoms with Gasteiger partial charge in [0.15, 0.2) is 0 Å². The lowest BCUT2D eigenvalue weighted by atomic mass is 9.81. The molecule has 0 aliphatic heterocycles. The Morgan fingerprint density at radius 1 is 1.17 bits per heavy atom. The molecule has 0 bridgehead atoms. The third-order valence-corrected chi connectivity index (χ3v) is 7.64.